The summed E-state index contributed by atoms with van der Waals surface area (Å²) >= 11 is 1.59. The molecule has 1 aliphatic rings. The SMILES string of the molecule is CC1=C(C(=O)Nc2ccccc2)C(c2sccc2C)n2nc(-c3cccc(O)c3)nc2N1. The minimum Gasteiger partial charge on any atom is -0.508 e. The van der Waals surface area contributed by atoms with Crippen LogP contribution in [-0.2, 0) is 4.79 Å². The maximum Gasteiger partial charge on any atom is 0.255 e. The van der Waals surface area contributed by atoms with Crippen molar-refractivity contribution in [2.45, 2.75) is 19.9 Å². The zero-order valence-electron chi connectivity index (χ0n) is 17.5. The van der Waals surface area contributed by atoms with Gasteiger partial charge in [0, 0.05) is 21.8 Å². The summed E-state index contributed by atoms with van der Waals surface area (Å²) in [7, 11) is 0. The number of fused-ring (bicyclic) bond motifs is 1. The van der Waals surface area contributed by atoms with Gasteiger partial charge in [0.05, 0.1) is 5.57 Å². The highest BCUT2D eigenvalue weighted by Crippen LogP contribution is 2.40. The van der Waals surface area contributed by atoms with Crippen molar-refractivity contribution in [2.24, 2.45) is 0 Å². The van der Waals surface area contributed by atoms with Crippen molar-refractivity contribution in [3.63, 3.8) is 0 Å². The van der Waals surface area contributed by atoms with E-state index in [1.165, 1.54) is 0 Å². The monoisotopic (exact) mass is 443 g/mol. The number of thiophene rings is 1. The van der Waals surface area contributed by atoms with Gasteiger partial charge in [0.15, 0.2) is 5.82 Å². The van der Waals surface area contributed by atoms with Crippen molar-refractivity contribution >= 4 is 28.9 Å². The smallest absolute Gasteiger partial charge is 0.255 e. The van der Waals surface area contributed by atoms with Crippen LogP contribution in [0.2, 0.25) is 0 Å². The van der Waals surface area contributed by atoms with Crippen molar-refractivity contribution in [3.8, 4) is 17.1 Å². The van der Waals surface area contributed by atoms with E-state index in [-0.39, 0.29) is 11.7 Å². The van der Waals surface area contributed by atoms with Gasteiger partial charge in [-0.2, -0.15) is 4.98 Å². The minimum atomic E-state index is -0.423. The van der Waals surface area contributed by atoms with E-state index in [1.54, 1.807) is 34.2 Å². The van der Waals surface area contributed by atoms with Gasteiger partial charge in [-0.25, -0.2) is 4.68 Å². The molecule has 0 saturated heterocycles. The largest absolute Gasteiger partial charge is 0.508 e. The lowest BCUT2D eigenvalue weighted by molar-refractivity contribution is -0.113. The van der Waals surface area contributed by atoms with Gasteiger partial charge in [0.2, 0.25) is 5.95 Å². The van der Waals surface area contributed by atoms with Crippen LogP contribution in [0.3, 0.4) is 0 Å². The van der Waals surface area contributed by atoms with Crippen LogP contribution in [0.1, 0.15) is 23.4 Å². The molecule has 32 heavy (non-hydrogen) atoms. The van der Waals surface area contributed by atoms with Crippen LogP contribution in [0.15, 0.2) is 77.3 Å². The summed E-state index contributed by atoms with van der Waals surface area (Å²) in [4.78, 5) is 19.1. The molecule has 3 N–H and O–H groups in total. The second-order valence-electron chi connectivity index (χ2n) is 7.61. The molecular weight excluding hydrogens is 422 g/mol. The Morgan fingerprint density at radius 2 is 1.94 bits per heavy atom. The Morgan fingerprint density at radius 1 is 1.12 bits per heavy atom. The quantitative estimate of drug-likeness (QED) is 0.415. The third kappa shape index (κ3) is 3.54. The number of hydrogen-bond acceptors (Lipinski definition) is 6. The normalized spacial score (nSPS) is 15.2. The van der Waals surface area contributed by atoms with Crippen molar-refractivity contribution < 1.29 is 9.90 Å². The Labute approximate surface area is 189 Å². The Morgan fingerprint density at radius 3 is 2.66 bits per heavy atom. The predicted molar refractivity (Wildman–Crippen MR) is 126 cm³/mol. The molecule has 1 aliphatic heterocycles. The number of phenols is 1. The average molecular weight is 444 g/mol. The molecule has 5 rings (SSSR count). The number of rotatable bonds is 4. The van der Waals surface area contributed by atoms with Gasteiger partial charge in [-0.3, -0.25) is 4.79 Å². The van der Waals surface area contributed by atoms with Crippen molar-refractivity contribution in [2.75, 3.05) is 10.6 Å². The van der Waals surface area contributed by atoms with Gasteiger partial charge in [-0.05, 0) is 55.1 Å². The predicted octanol–water partition coefficient (Wildman–Crippen LogP) is 4.95. The van der Waals surface area contributed by atoms with Gasteiger partial charge in [0.1, 0.15) is 11.8 Å². The van der Waals surface area contributed by atoms with Crippen molar-refractivity contribution in [1.82, 2.24) is 14.8 Å². The molecule has 160 valence electrons. The van der Waals surface area contributed by atoms with E-state index < -0.39 is 6.04 Å². The first kappa shape index (κ1) is 20.0. The number of carbonyl (C=O) groups excluding carboxylic acids is 1. The Balaban J connectivity index is 1.61. The molecule has 7 nitrogen and oxygen atoms in total. The molecule has 1 amide bonds. The third-order valence-electron chi connectivity index (χ3n) is 5.38. The van der Waals surface area contributed by atoms with Gasteiger partial charge in [-0.15, -0.1) is 16.4 Å². The van der Waals surface area contributed by atoms with Gasteiger partial charge >= 0.3 is 0 Å². The van der Waals surface area contributed by atoms with E-state index in [4.69, 9.17) is 5.10 Å². The number of hydrogen-bond donors (Lipinski definition) is 3. The molecule has 2 aromatic carbocycles. The second-order valence-corrected chi connectivity index (χ2v) is 8.56. The molecule has 4 aromatic rings. The summed E-state index contributed by atoms with van der Waals surface area (Å²) in [5, 5.41) is 22.9. The molecule has 0 bridgehead atoms. The third-order valence-corrected chi connectivity index (χ3v) is 6.45. The van der Waals surface area contributed by atoms with Crippen LogP contribution in [0.25, 0.3) is 11.4 Å². The molecule has 3 heterocycles. The number of anilines is 2. The first-order valence-electron chi connectivity index (χ1n) is 10.2. The first-order valence-corrected chi connectivity index (χ1v) is 11.0. The summed E-state index contributed by atoms with van der Waals surface area (Å²) in [6, 6.07) is 17.8. The van der Waals surface area contributed by atoms with E-state index in [0.717, 1.165) is 21.8 Å². The zero-order chi connectivity index (χ0) is 22.2. The van der Waals surface area contributed by atoms with Crippen LogP contribution < -0.4 is 10.6 Å². The summed E-state index contributed by atoms with van der Waals surface area (Å²) < 4.78 is 1.76. The number of allylic oxidation sites excluding steroid dienone is 1. The highest BCUT2D eigenvalue weighted by Gasteiger charge is 2.36. The van der Waals surface area contributed by atoms with E-state index in [2.05, 4.69) is 15.6 Å². The van der Waals surface area contributed by atoms with Crippen molar-refractivity contribution in [1.29, 1.82) is 0 Å². The molecule has 0 spiro atoms. The van der Waals surface area contributed by atoms with E-state index in [0.29, 0.717) is 22.9 Å². The Hall–Kier alpha value is -3.91. The van der Waals surface area contributed by atoms with Crippen LogP contribution in [0, 0.1) is 6.92 Å². The average Bonchev–Trinajstić information content (AvgIpc) is 3.39. The highest BCUT2D eigenvalue weighted by molar-refractivity contribution is 7.10. The van der Waals surface area contributed by atoms with E-state index >= 15 is 0 Å². The van der Waals surface area contributed by atoms with E-state index in [1.807, 2.05) is 61.7 Å². The molecule has 0 radical (unpaired) electrons. The summed E-state index contributed by atoms with van der Waals surface area (Å²) in [5.74, 6) is 0.972. The van der Waals surface area contributed by atoms with Gasteiger partial charge in [0.25, 0.3) is 5.91 Å². The fourth-order valence-corrected chi connectivity index (χ4v) is 4.86. The van der Waals surface area contributed by atoms with E-state index in [9.17, 15) is 9.90 Å². The lowest BCUT2D eigenvalue weighted by Gasteiger charge is -2.28. The lowest BCUT2D eigenvalue weighted by atomic mass is 9.99. The number of aromatic nitrogens is 3. The minimum absolute atomic E-state index is 0.145. The molecule has 2 aromatic heterocycles. The fraction of sp³-hybridized carbons (Fsp3) is 0.125. The number of benzene rings is 2. The molecule has 0 aliphatic carbocycles. The fourth-order valence-electron chi connectivity index (χ4n) is 3.84. The maximum absolute atomic E-state index is 13.4. The van der Waals surface area contributed by atoms with Gasteiger partial charge in [-0.1, -0.05) is 30.3 Å². The molecule has 1 atom stereocenters. The topological polar surface area (TPSA) is 92.1 Å². The molecule has 0 saturated carbocycles. The zero-order valence-corrected chi connectivity index (χ0v) is 18.4. The Kier molecular flexibility index (Phi) is 4.99. The first-order chi connectivity index (χ1) is 15.5. The van der Waals surface area contributed by atoms with Crippen LogP contribution in [-0.4, -0.2) is 25.8 Å². The summed E-state index contributed by atoms with van der Waals surface area (Å²) in [6.07, 6.45) is 0. The van der Waals surface area contributed by atoms with Crippen molar-refractivity contribution in [3.05, 3.63) is 87.8 Å². The molecule has 8 heteroatoms. The number of nitrogens with zero attached hydrogens (tertiary/aromatic N) is 3. The number of nitrogens with one attached hydrogen (secondary N) is 2. The summed E-state index contributed by atoms with van der Waals surface area (Å²) in [5.41, 5.74) is 3.81. The van der Waals surface area contributed by atoms with Crippen LogP contribution in [0.5, 0.6) is 5.75 Å². The van der Waals surface area contributed by atoms with Gasteiger partial charge < -0.3 is 15.7 Å². The van der Waals surface area contributed by atoms with Crippen LogP contribution >= 0.6 is 11.3 Å². The molecular formula is C24H21N5O2S. The summed E-state index contributed by atoms with van der Waals surface area (Å²) in [6.45, 7) is 3.91. The molecule has 0 fully saturated rings. The maximum atomic E-state index is 13.4. The number of aryl methyl sites for hydroxylation is 1. The Bertz CT molecular complexity index is 1340. The van der Waals surface area contributed by atoms with Crippen LogP contribution in [0.4, 0.5) is 11.6 Å². The number of aromatic hydroxyl groups is 1. The number of para-hydroxylation sites is 1. The number of phenolic OH excluding ortho intramolecular Hbond substituents is 1. The molecule has 1 unspecified atom stereocenters. The number of carbonyl (C=O) groups is 1. The standard InChI is InChI=1S/C24H21N5O2S/c1-14-11-12-32-21(14)20-19(23(31)26-17-8-4-3-5-9-17)15(2)25-24-27-22(28-29(20)24)16-7-6-10-18(30)13-16/h3-13,20,30H,1-2H3,(H,26,31)(H,25,27,28). The second kappa shape index (κ2) is 7.97. The lowest BCUT2D eigenvalue weighted by Crippen LogP contribution is -2.31. The number of amides is 1. The highest BCUT2D eigenvalue weighted by atomic mass is 32.1.